The Balaban J connectivity index is 1.12. The van der Waals surface area contributed by atoms with E-state index in [-0.39, 0.29) is 68.2 Å². The summed E-state index contributed by atoms with van der Waals surface area (Å²) in [5.41, 5.74) is 14.0. The first-order valence-corrected chi connectivity index (χ1v) is 41.9. The molecular formula is C83H108N22O21S2. The second-order valence-electron chi connectivity index (χ2n) is 30.5. The topological polar surface area (TPSA) is 688 Å². The van der Waals surface area contributed by atoms with Crippen LogP contribution in [0.2, 0.25) is 0 Å². The molecular weight excluding hydrogens is 1710 g/mol. The van der Waals surface area contributed by atoms with Crippen LogP contribution in [0.5, 0.6) is 5.75 Å². The van der Waals surface area contributed by atoms with E-state index in [1.54, 1.807) is 91.3 Å². The first kappa shape index (κ1) is 101. The van der Waals surface area contributed by atoms with Crippen molar-refractivity contribution < 1.29 is 102 Å². The van der Waals surface area contributed by atoms with Crippen molar-refractivity contribution in [3.05, 3.63) is 156 Å². The second-order valence-corrected chi connectivity index (χ2v) is 31.2. The highest BCUT2D eigenvalue weighted by Gasteiger charge is 2.40. The average molecular weight is 1810 g/mol. The number of nitrogens with zero attached hydrogens (tertiary/aromatic N) is 1. The van der Waals surface area contributed by atoms with Gasteiger partial charge in [-0.15, -0.1) is 0 Å². The number of thiol groups is 2. The number of hydrogen-bond donors (Lipinski definition) is 27. The number of carboxylic acids is 2. The highest BCUT2D eigenvalue weighted by atomic mass is 32.1. The van der Waals surface area contributed by atoms with Gasteiger partial charge in [-0.25, -0.2) is 4.98 Å². The van der Waals surface area contributed by atoms with Gasteiger partial charge in [-0.3, -0.25) is 86.9 Å². The van der Waals surface area contributed by atoms with Crippen molar-refractivity contribution in [2.75, 3.05) is 24.6 Å². The minimum Gasteiger partial charge on any atom is -0.508 e. The van der Waals surface area contributed by atoms with E-state index >= 15 is 9.59 Å². The zero-order valence-electron chi connectivity index (χ0n) is 70.4. The summed E-state index contributed by atoms with van der Waals surface area (Å²) in [6.45, 7) is 5.83. The van der Waals surface area contributed by atoms with Gasteiger partial charge in [-0.2, -0.15) is 25.3 Å². The molecule has 3 aromatic heterocycles. The van der Waals surface area contributed by atoms with Crippen molar-refractivity contribution >= 4 is 154 Å². The zero-order chi connectivity index (χ0) is 94.0. The number of fused-ring (bicyclic) bond motifs is 2. The van der Waals surface area contributed by atoms with Gasteiger partial charge in [0.15, 0.2) is 5.96 Å². The van der Waals surface area contributed by atoms with E-state index in [4.69, 9.17) is 16.9 Å². The summed E-state index contributed by atoms with van der Waals surface area (Å²) in [6.07, 6.45) is 0.211. The first-order chi connectivity index (χ1) is 60.8. The number of benzene rings is 4. The summed E-state index contributed by atoms with van der Waals surface area (Å²) >= 11 is 8.48. The summed E-state index contributed by atoms with van der Waals surface area (Å²) in [6, 6.07) is 6.58. The maximum absolute atomic E-state index is 15.4. The third-order valence-electron chi connectivity index (χ3n) is 20.1. The molecule has 7 rings (SSSR count). The number of imidazole rings is 1. The number of nitrogens with two attached hydrogens (primary N) is 2. The lowest BCUT2D eigenvalue weighted by atomic mass is 9.99. The SMILES string of the molecule is CC(=O)N[C@@H](CS)C(=O)N[C@@H](C)C(=O)N[C@@H](CC(=O)O)C(=O)N[C@@H](Cc1c[nH]c2ccccc12)C(=O)N[C@H](C(=O)N[C@@H](CS)C(=O)N[C@@H](Cc1ccc(O)cc1)C(=O)N[C@@H](Cc1c[nH]c2ccccc12)C(=O)N[C@@H](Cc1cnc[nH]1)C(=O)N[C@H](C(=O)N[C@@H](Cc1ccccc1)C(=O)NCC(=O)N[C@@H](CCC(=O)O)C(=O)N[C@@H](CCCNC(=N)N)C(N)=O)[C@@H](C)O)C(C)C. The van der Waals surface area contributed by atoms with Crippen molar-refractivity contribution in [1.29, 1.82) is 5.41 Å². The molecule has 43 nitrogen and oxygen atoms in total. The fraction of sp³-hybridized carbons (Fsp3) is 0.410. The van der Waals surface area contributed by atoms with Crippen LogP contribution in [-0.4, -0.2) is 256 Å². The summed E-state index contributed by atoms with van der Waals surface area (Å²) in [4.78, 5) is 248. The number of hydrogen-bond acceptors (Lipinski definition) is 23. The Kier molecular flexibility index (Phi) is 39.1. The number of aromatic hydroxyl groups is 1. The smallest absolute Gasteiger partial charge is 0.305 e. The van der Waals surface area contributed by atoms with Gasteiger partial charge < -0.3 is 127 Å². The number of carboxylic acid groups (broad SMARTS) is 2. The van der Waals surface area contributed by atoms with Gasteiger partial charge in [0.2, 0.25) is 88.6 Å². The average Bonchev–Trinajstić information content (AvgIpc) is 1.65. The monoisotopic (exact) mass is 1810 g/mol. The molecule has 0 spiro atoms. The first-order valence-electron chi connectivity index (χ1n) is 40.6. The van der Waals surface area contributed by atoms with Crippen LogP contribution < -0.4 is 91.2 Å². The molecule has 0 bridgehead atoms. The number of para-hydroxylation sites is 2. The van der Waals surface area contributed by atoms with Crippen LogP contribution in [0.15, 0.2) is 128 Å². The molecule has 27 N–H and O–H groups in total. The number of carbonyl (C=O) groups excluding carboxylic acids is 15. The van der Waals surface area contributed by atoms with Crippen LogP contribution in [0.25, 0.3) is 21.8 Å². The quantitative estimate of drug-likeness (QED) is 0.00748. The molecule has 0 aliphatic carbocycles. The fourth-order valence-electron chi connectivity index (χ4n) is 13.3. The molecule has 0 saturated carbocycles. The molecule has 15 amide bonds. The molecule has 688 valence electrons. The predicted octanol–water partition coefficient (Wildman–Crippen LogP) is -3.97. The Bertz CT molecular complexity index is 5090. The molecule has 0 aliphatic heterocycles. The Morgan fingerprint density at radius 1 is 0.445 bits per heavy atom. The number of guanidine groups is 1. The lowest BCUT2D eigenvalue weighted by Gasteiger charge is -2.29. The number of aliphatic hydroxyl groups excluding tert-OH is 1. The van der Waals surface area contributed by atoms with Crippen molar-refractivity contribution in [3.63, 3.8) is 0 Å². The highest BCUT2D eigenvalue weighted by molar-refractivity contribution is 7.80. The third kappa shape index (κ3) is 31.8. The number of aromatic nitrogens is 4. The van der Waals surface area contributed by atoms with E-state index in [0.717, 1.165) is 13.8 Å². The number of aliphatic hydroxyl groups is 1. The number of amides is 15. The summed E-state index contributed by atoms with van der Waals surface area (Å²) in [5, 5.41) is 87.1. The van der Waals surface area contributed by atoms with Crippen LogP contribution in [0, 0.1) is 11.3 Å². The predicted molar refractivity (Wildman–Crippen MR) is 469 cm³/mol. The summed E-state index contributed by atoms with van der Waals surface area (Å²) in [7, 11) is 0. The number of phenolic OH excluding ortho intramolecular Hbond substituents is 1. The van der Waals surface area contributed by atoms with Crippen molar-refractivity contribution in [2.45, 2.75) is 183 Å². The molecule has 0 radical (unpaired) electrons. The van der Waals surface area contributed by atoms with Gasteiger partial charge in [0.05, 0.1) is 25.4 Å². The van der Waals surface area contributed by atoms with E-state index in [1.165, 1.54) is 57.6 Å². The number of H-pyrrole nitrogens is 3. The number of carbonyl (C=O) groups is 17. The fourth-order valence-corrected chi connectivity index (χ4v) is 13.8. The largest absolute Gasteiger partial charge is 0.508 e. The molecule has 3 heterocycles. The molecule has 0 unspecified atom stereocenters. The minimum atomic E-state index is -1.94. The molecule has 45 heteroatoms. The summed E-state index contributed by atoms with van der Waals surface area (Å²) in [5.74, 6) is -20.0. The maximum Gasteiger partial charge on any atom is 0.305 e. The number of rotatable bonds is 51. The molecule has 14 atom stereocenters. The van der Waals surface area contributed by atoms with Gasteiger partial charge in [0, 0.05) is 110 Å². The van der Waals surface area contributed by atoms with Crippen LogP contribution in [-0.2, 0) is 114 Å². The van der Waals surface area contributed by atoms with Gasteiger partial charge >= 0.3 is 11.9 Å². The van der Waals surface area contributed by atoms with Crippen molar-refractivity contribution in [1.82, 2.24) is 99.7 Å². The number of primary amides is 1. The Morgan fingerprint density at radius 3 is 1.40 bits per heavy atom. The molecule has 128 heavy (non-hydrogen) atoms. The Morgan fingerprint density at radius 2 is 0.891 bits per heavy atom. The van der Waals surface area contributed by atoms with Gasteiger partial charge in [0.1, 0.15) is 84.3 Å². The molecule has 4 aromatic carbocycles. The standard InChI is InChI=1S/C83H108N22O21S2/c1-41(2)68(104-77(121)60(31-48-35-90-54-19-12-10-17-52(48)54)100-76(120)62(33-67(112)113)97-71(115)42(3)93-79(123)63(38-127)94-44(5)107)81(125)103-64(39-128)80(124)98-58(29-46-21-23-50(108)24-22-46)74(118)99-59(30-47-34-89-53-18-11-9-16-51(47)53)75(119)101-61(32-49-36-87-40-92-49)78(122)105-69(43(4)106)82(126)102-57(28-45-14-7-6-8-15-45)72(116)91-37-65(109)95-56(25-26-66(110)111)73(117)96-55(70(84)114)20-13-27-88-83(85)86/h6-12,14-19,21-24,34-36,40-43,55-64,68-69,89-90,106,108,127-128H,13,20,25-33,37-39H2,1-5H3,(H2,84,114)(H,87,92)(H,91,116)(H,93,123)(H,94,107)(H,95,109)(H,96,117)(H,97,115)(H,98,124)(H,99,118)(H,100,120)(H,101,119)(H,102,126)(H,103,125)(H,104,121)(H,105,122)(H,110,111)(H,112,113)(H4,85,86,88)/t42-,43+,55-,56-,57-,58-,59-,60-,61-,62-,63-,64-,68-,69-/m0/s1. The van der Waals surface area contributed by atoms with E-state index in [0.29, 0.717) is 44.1 Å². The zero-order valence-corrected chi connectivity index (χ0v) is 72.2. The summed E-state index contributed by atoms with van der Waals surface area (Å²) < 4.78 is 0. The Labute approximate surface area is 744 Å². The molecule has 0 fully saturated rings. The lowest BCUT2D eigenvalue weighted by molar-refractivity contribution is -0.141. The van der Waals surface area contributed by atoms with Crippen LogP contribution in [0.4, 0.5) is 0 Å². The highest BCUT2D eigenvalue weighted by Crippen LogP contribution is 2.23. The van der Waals surface area contributed by atoms with Crippen molar-refractivity contribution in [2.24, 2.45) is 17.4 Å². The van der Waals surface area contributed by atoms with Crippen LogP contribution in [0.1, 0.15) is 94.7 Å². The van der Waals surface area contributed by atoms with Gasteiger partial charge in [-0.05, 0) is 85.5 Å². The number of aromatic amines is 3. The van der Waals surface area contributed by atoms with E-state index in [2.05, 4.69) is 125 Å². The van der Waals surface area contributed by atoms with Gasteiger partial charge in [-0.1, -0.05) is 92.7 Å². The van der Waals surface area contributed by atoms with Crippen LogP contribution in [0.3, 0.4) is 0 Å². The molecule has 7 aromatic rings. The maximum atomic E-state index is 15.4. The van der Waals surface area contributed by atoms with E-state index in [1.807, 2.05) is 0 Å². The minimum absolute atomic E-state index is 0.0490. The van der Waals surface area contributed by atoms with Gasteiger partial charge in [0.25, 0.3) is 0 Å². The van der Waals surface area contributed by atoms with Crippen LogP contribution >= 0.6 is 25.3 Å². The lowest BCUT2D eigenvalue weighted by Crippen LogP contribution is -2.62. The number of nitrogens with one attached hydrogen (secondary N) is 19. The van der Waals surface area contributed by atoms with Crippen molar-refractivity contribution in [3.8, 4) is 5.75 Å². The van der Waals surface area contributed by atoms with E-state index < -0.39 is 229 Å². The second kappa shape index (κ2) is 49.5. The molecule has 0 saturated heterocycles. The normalized spacial score (nSPS) is 14.4. The van der Waals surface area contributed by atoms with E-state index in [9.17, 15) is 92.3 Å². The number of aliphatic carboxylic acids is 2. The number of phenols is 1. The third-order valence-corrected chi connectivity index (χ3v) is 20.9. The molecule has 0 aliphatic rings. The Hall–Kier alpha value is -14.1.